The summed E-state index contributed by atoms with van der Waals surface area (Å²) in [5, 5.41) is 10.6. The maximum atomic E-state index is 7.56. The van der Waals surface area contributed by atoms with Gasteiger partial charge < -0.3 is 10.6 Å². The van der Waals surface area contributed by atoms with E-state index in [1.807, 2.05) is 36.7 Å². The average molecular weight is 246 g/mol. The van der Waals surface area contributed by atoms with Crippen LogP contribution in [0.1, 0.15) is 10.6 Å². The number of nitrogen functional groups attached to an aromatic ring is 1. The third-order valence-corrected chi connectivity index (χ3v) is 3.23. The van der Waals surface area contributed by atoms with Gasteiger partial charge in [-0.1, -0.05) is 12.1 Å². The van der Waals surface area contributed by atoms with Crippen LogP contribution in [-0.2, 0) is 6.54 Å². The topological polar surface area (TPSA) is 66.0 Å². The molecule has 0 amide bonds. The monoisotopic (exact) mass is 246 g/mol. The fraction of sp³-hybridized carbons (Fsp3) is 0.167. The largest absolute Gasteiger partial charge is 0.384 e. The van der Waals surface area contributed by atoms with Crippen LogP contribution in [-0.4, -0.2) is 17.9 Å². The Bertz CT molecular complexity index is 507. The van der Waals surface area contributed by atoms with Crippen molar-refractivity contribution in [2.45, 2.75) is 6.54 Å². The molecule has 1 aromatic heterocycles. The molecule has 0 aliphatic rings. The molecule has 0 fully saturated rings. The van der Waals surface area contributed by atoms with Crippen molar-refractivity contribution in [2.24, 2.45) is 5.73 Å². The standard InChI is InChI=1S/C12H14N4S/c1-16(8-11-15-6-7-17-11)10-5-3-2-4-9(10)12(13)14/h2-7H,8H2,1H3,(H3,13,14). The second-order valence-corrected chi connectivity index (χ2v) is 4.69. The van der Waals surface area contributed by atoms with E-state index in [0.717, 1.165) is 22.8 Å². The average Bonchev–Trinajstić information content (AvgIpc) is 2.81. The zero-order chi connectivity index (χ0) is 12.3. The van der Waals surface area contributed by atoms with Crippen molar-refractivity contribution in [2.75, 3.05) is 11.9 Å². The predicted octanol–water partition coefficient (Wildman–Crippen LogP) is 2.06. The normalized spacial score (nSPS) is 10.2. The van der Waals surface area contributed by atoms with Gasteiger partial charge in [-0.3, -0.25) is 5.41 Å². The molecule has 0 unspecified atom stereocenters. The third-order valence-electron chi connectivity index (χ3n) is 2.46. The lowest BCUT2D eigenvalue weighted by Crippen LogP contribution is -2.21. The first kappa shape index (κ1) is 11.6. The van der Waals surface area contributed by atoms with Gasteiger partial charge in [0.1, 0.15) is 10.8 Å². The van der Waals surface area contributed by atoms with Crippen LogP contribution >= 0.6 is 11.3 Å². The number of benzene rings is 1. The molecule has 2 aromatic rings. The van der Waals surface area contributed by atoms with Gasteiger partial charge in [-0.05, 0) is 12.1 Å². The molecule has 17 heavy (non-hydrogen) atoms. The van der Waals surface area contributed by atoms with Gasteiger partial charge in [0, 0.05) is 29.9 Å². The molecule has 0 aliphatic heterocycles. The zero-order valence-electron chi connectivity index (χ0n) is 9.55. The molecule has 0 aliphatic carbocycles. The predicted molar refractivity (Wildman–Crippen MR) is 71.7 cm³/mol. The van der Waals surface area contributed by atoms with E-state index < -0.39 is 0 Å². The number of hydrogen-bond acceptors (Lipinski definition) is 4. The number of aromatic nitrogens is 1. The van der Waals surface area contributed by atoms with Gasteiger partial charge in [0.25, 0.3) is 0 Å². The number of amidine groups is 1. The lowest BCUT2D eigenvalue weighted by Gasteiger charge is -2.20. The summed E-state index contributed by atoms with van der Waals surface area (Å²) in [5.41, 5.74) is 7.28. The maximum absolute atomic E-state index is 7.56. The van der Waals surface area contributed by atoms with E-state index in [0.29, 0.717) is 0 Å². The van der Waals surface area contributed by atoms with Gasteiger partial charge in [0.15, 0.2) is 0 Å². The first-order valence-corrected chi connectivity index (χ1v) is 6.09. The minimum Gasteiger partial charge on any atom is -0.384 e. The Balaban J connectivity index is 2.24. The lowest BCUT2D eigenvalue weighted by molar-refractivity contribution is 0.909. The summed E-state index contributed by atoms with van der Waals surface area (Å²) in [6.45, 7) is 0.724. The van der Waals surface area contributed by atoms with Crippen LogP contribution in [0.25, 0.3) is 0 Å². The number of anilines is 1. The summed E-state index contributed by atoms with van der Waals surface area (Å²) >= 11 is 1.62. The number of thiazole rings is 1. The van der Waals surface area contributed by atoms with Gasteiger partial charge in [-0.25, -0.2) is 4.98 Å². The van der Waals surface area contributed by atoms with Crippen LogP contribution < -0.4 is 10.6 Å². The van der Waals surface area contributed by atoms with Crippen LogP contribution in [0, 0.1) is 5.41 Å². The molecule has 1 aromatic carbocycles. The van der Waals surface area contributed by atoms with Crippen LogP contribution in [0.3, 0.4) is 0 Å². The van der Waals surface area contributed by atoms with Gasteiger partial charge in [0.05, 0.1) is 6.54 Å². The van der Waals surface area contributed by atoms with Crippen LogP contribution in [0.15, 0.2) is 35.8 Å². The van der Waals surface area contributed by atoms with E-state index in [4.69, 9.17) is 11.1 Å². The molecule has 1 heterocycles. The molecular weight excluding hydrogens is 232 g/mol. The van der Waals surface area contributed by atoms with Gasteiger partial charge in [0.2, 0.25) is 0 Å². The Labute approximate surface area is 104 Å². The van der Waals surface area contributed by atoms with E-state index in [1.54, 1.807) is 17.5 Å². The Morgan fingerprint density at radius 2 is 2.24 bits per heavy atom. The van der Waals surface area contributed by atoms with Crippen LogP contribution in [0.5, 0.6) is 0 Å². The van der Waals surface area contributed by atoms with Crippen molar-refractivity contribution < 1.29 is 0 Å². The minimum absolute atomic E-state index is 0.0894. The number of hydrogen-bond donors (Lipinski definition) is 2. The highest BCUT2D eigenvalue weighted by atomic mass is 32.1. The van der Waals surface area contributed by atoms with Crippen molar-refractivity contribution in [3.63, 3.8) is 0 Å². The molecule has 5 heteroatoms. The van der Waals surface area contributed by atoms with Crippen molar-refractivity contribution in [3.8, 4) is 0 Å². The molecule has 0 saturated carbocycles. The first-order valence-electron chi connectivity index (χ1n) is 5.21. The third kappa shape index (κ3) is 2.62. The summed E-state index contributed by atoms with van der Waals surface area (Å²) in [5.74, 6) is 0.0894. The van der Waals surface area contributed by atoms with Crippen molar-refractivity contribution in [1.29, 1.82) is 5.41 Å². The Morgan fingerprint density at radius 1 is 1.47 bits per heavy atom. The molecule has 0 bridgehead atoms. The van der Waals surface area contributed by atoms with Crippen molar-refractivity contribution in [3.05, 3.63) is 46.4 Å². The number of rotatable bonds is 4. The fourth-order valence-electron chi connectivity index (χ4n) is 1.65. The Hall–Kier alpha value is -1.88. The number of para-hydroxylation sites is 1. The number of nitrogens with one attached hydrogen (secondary N) is 1. The fourth-order valence-corrected chi connectivity index (χ4v) is 2.32. The summed E-state index contributed by atoms with van der Waals surface area (Å²) < 4.78 is 0. The summed E-state index contributed by atoms with van der Waals surface area (Å²) in [7, 11) is 1.98. The van der Waals surface area contributed by atoms with E-state index in [2.05, 4.69) is 9.88 Å². The summed E-state index contributed by atoms with van der Waals surface area (Å²) in [6.07, 6.45) is 1.80. The molecule has 88 valence electrons. The second-order valence-electron chi connectivity index (χ2n) is 3.71. The Kier molecular flexibility index (Phi) is 3.39. The van der Waals surface area contributed by atoms with E-state index in [-0.39, 0.29) is 5.84 Å². The molecule has 0 spiro atoms. The summed E-state index contributed by atoms with van der Waals surface area (Å²) in [6, 6.07) is 7.65. The lowest BCUT2D eigenvalue weighted by atomic mass is 10.1. The van der Waals surface area contributed by atoms with Gasteiger partial charge in [-0.15, -0.1) is 11.3 Å². The molecule has 0 atom stereocenters. The van der Waals surface area contributed by atoms with E-state index in [9.17, 15) is 0 Å². The smallest absolute Gasteiger partial charge is 0.124 e. The molecule has 2 rings (SSSR count). The molecular formula is C12H14N4S. The highest BCUT2D eigenvalue weighted by molar-refractivity contribution is 7.09. The van der Waals surface area contributed by atoms with Crippen LogP contribution in [0.4, 0.5) is 5.69 Å². The van der Waals surface area contributed by atoms with Gasteiger partial charge in [-0.2, -0.15) is 0 Å². The quantitative estimate of drug-likeness (QED) is 0.641. The van der Waals surface area contributed by atoms with E-state index >= 15 is 0 Å². The molecule has 0 radical (unpaired) electrons. The number of nitrogens with two attached hydrogens (primary N) is 1. The first-order chi connectivity index (χ1) is 8.18. The minimum atomic E-state index is 0.0894. The van der Waals surface area contributed by atoms with Crippen LogP contribution in [0.2, 0.25) is 0 Å². The highest BCUT2D eigenvalue weighted by Gasteiger charge is 2.10. The molecule has 3 N–H and O–H groups in total. The highest BCUT2D eigenvalue weighted by Crippen LogP contribution is 2.21. The number of nitrogens with zero attached hydrogens (tertiary/aromatic N) is 2. The van der Waals surface area contributed by atoms with Gasteiger partial charge >= 0.3 is 0 Å². The molecule has 0 saturated heterocycles. The maximum Gasteiger partial charge on any atom is 0.124 e. The SMILES string of the molecule is CN(Cc1nccs1)c1ccccc1C(=N)N. The van der Waals surface area contributed by atoms with Crippen molar-refractivity contribution in [1.82, 2.24) is 4.98 Å². The Morgan fingerprint density at radius 3 is 2.88 bits per heavy atom. The summed E-state index contributed by atoms with van der Waals surface area (Å²) in [4.78, 5) is 6.30. The second kappa shape index (κ2) is 4.97. The van der Waals surface area contributed by atoms with E-state index in [1.165, 1.54) is 0 Å². The van der Waals surface area contributed by atoms with Crippen molar-refractivity contribution >= 4 is 22.9 Å². The zero-order valence-corrected chi connectivity index (χ0v) is 10.4. The molecule has 4 nitrogen and oxygen atoms in total.